The number of nitrogens with one attached hydrogen (secondary N) is 1. The van der Waals surface area contributed by atoms with Gasteiger partial charge in [-0.1, -0.05) is 23.7 Å². The van der Waals surface area contributed by atoms with Crippen LogP contribution in [0.15, 0.2) is 30.3 Å². The van der Waals surface area contributed by atoms with Crippen LogP contribution in [-0.4, -0.2) is 22.1 Å². The van der Waals surface area contributed by atoms with Gasteiger partial charge in [-0.25, -0.2) is 0 Å². The molecule has 0 aliphatic rings. The SMILES string of the molecule is CCn1c(C)cc(C(=O)NCC(O)c2ccc(Cl)cc2)c1C. The first kappa shape index (κ1) is 16.6. The van der Waals surface area contributed by atoms with Crippen LogP contribution in [0.2, 0.25) is 5.02 Å². The summed E-state index contributed by atoms with van der Waals surface area (Å²) in [6, 6.07) is 8.82. The topological polar surface area (TPSA) is 54.3 Å². The van der Waals surface area contributed by atoms with Crippen LogP contribution in [0.4, 0.5) is 0 Å². The van der Waals surface area contributed by atoms with E-state index in [4.69, 9.17) is 11.6 Å². The van der Waals surface area contributed by atoms with E-state index in [1.807, 2.05) is 26.8 Å². The summed E-state index contributed by atoms with van der Waals surface area (Å²) in [5, 5.41) is 13.5. The summed E-state index contributed by atoms with van der Waals surface area (Å²) in [5.41, 5.74) is 3.38. The molecule has 1 aromatic carbocycles. The molecule has 1 atom stereocenters. The van der Waals surface area contributed by atoms with Crippen LogP contribution in [0.3, 0.4) is 0 Å². The zero-order chi connectivity index (χ0) is 16.3. The molecule has 118 valence electrons. The Morgan fingerprint density at radius 2 is 1.95 bits per heavy atom. The van der Waals surface area contributed by atoms with E-state index in [2.05, 4.69) is 9.88 Å². The average molecular weight is 321 g/mol. The number of nitrogens with zero attached hydrogens (tertiary/aromatic N) is 1. The molecule has 1 aromatic heterocycles. The molecule has 0 fully saturated rings. The Bertz CT molecular complexity index is 662. The Morgan fingerprint density at radius 1 is 1.32 bits per heavy atom. The second-order valence-corrected chi connectivity index (χ2v) is 5.74. The predicted octanol–water partition coefficient (Wildman–Crippen LogP) is 3.24. The summed E-state index contributed by atoms with van der Waals surface area (Å²) in [7, 11) is 0. The fourth-order valence-electron chi connectivity index (χ4n) is 2.60. The summed E-state index contributed by atoms with van der Waals surface area (Å²) in [6.07, 6.45) is -0.754. The lowest BCUT2D eigenvalue weighted by molar-refractivity contribution is 0.0915. The monoisotopic (exact) mass is 320 g/mol. The Labute approximate surface area is 135 Å². The largest absolute Gasteiger partial charge is 0.387 e. The normalized spacial score (nSPS) is 12.2. The minimum absolute atomic E-state index is 0.163. The summed E-state index contributed by atoms with van der Waals surface area (Å²) < 4.78 is 2.09. The van der Waals surface area contributed by atoms with Gasteiger partial charge in [0.1, 0.15) is 0 Å². The third-order valence-electron chi connectivity index (χ3n) is 3.85. The molecule has 1 heterocycles. The van der Waals surface area contributed by atoms with Crippen molar-refractivity contribution in [2.45, 2.75) is 33.4 Å². The van der Waals surface area contributed by atoms with E-state index in [1.165, 1.54) is 0 Å². The van der Waals surface area contributed by atoms with Crippen molar-refractivity contribution >= 4 is 17.5 Å². The van der Waals surface area contributed by atoms with E-state index in [-0.39, 0.29) is 12.5 Å². The number of hydrogen-bond acceptors (Lipinski definition) is 2. The molecule has 5 heteroatoms. The zero-order valence-corrected chi connectivity index (χ0v) is 13.8. The van der Waals surface area contributed by atoms with Crippen molar-refractivity contribution < 1.29 is 9.90 Å². The van der Waals surface area contributed by atoms with Gasteiger partial charge in [-0.05, 0) is 44.5 Å². The van der Waals surface area contributed by atoms with Crippen molar-refractivity contribution in [3.05, 3.63) is 57.9 Å². The molecule has 0 spiro atoms. The highest BCUT2D eigenvalue weighted by atomic mass is 35.5. The summed E-state index contributed by atoms with van der Waals surface area (Å²) in [6.45, 7) is 6.96. The first-order valence-electron chi connectivity index (χ1n) is 7.32. The summed E-state index contributed by atoms with van der Waals surface area (Å²) in [4.78, 5) is 12.3. The maximum absolute atomic E-state index is 12.3. The van der Waals surface area contributed by atoms with Crippen molar-refractivity contribution in [1.82, 2.24) is 9.88 Å². The third kappa shape index (κ3) is 3.51. The van der Waals surface area contributed by atoms with Gasteiger partial charge in [-0.2, -0.15) is 0 Å². The maximum atomic E-state index is 12.3. The van der Waals surface area contributed by atoms with Crippen LogP contribution in [0.5, 0.6) is 0 Å². The van der Waals surface area contributed by atoms with E-state index in [0.29, 0.717) is 10.6 Å². The van der Waals surface area contributed by atoms with E-state index < -0.39 is 6.10 Å². The Hall–Kier alpha value is -1.78. The number of amides is 1. The molecule has 0 saturated carbocycles. The summed E-state index contributed by atoms with van der Waals surface area (Å²) >= 11 is 5.82. The molecule has 2 N–H and O–H groups in total. The number of carbonyl (C=O) groups excluding carboxylic acids is 1. The first-order chi connectivity index (χ1) is 10.4. The van der Waals surface area contributed by atoms with Gasteiger partial charge < -0.3 is 15.0 Å². The second kappa shape index (κ2) is 6.99. The number of halogens is 1. The molecular weight excluding hydrogens is 300 g/mol. The van der Waals surface area contributed by atoms with Gasteiger partial charge in [-0.15, -0.1) is 0 Å². The van der Waals surface area contributed by atoms with Gasteiger partial charge in [0.05, 0.1) is 11.7 Å². The Morgan fingerprint density at radius 3 is 2.50 bits per heavy atom. The first-order valence-corrected chi connectivity index (χ1v) is 7.70. The standard InChI is InChI=1S/C17H21ClN2O2/c1-4-20-11(2)9-15(12(20)3)17(22)19-10-16(21)13-5-7-14(18)8-6-13/h5-9,16,21H,4,10H2,1-3H3,(H,19,22). The smallest absolute Gasteiger partial charge is 0.253 e. The summed E-state index contributed by atoms with van der Waals surface area (Å²) in [5.74, 6) is -0.166. The van der Waals surface area contributed by atoms with E-state index in [9.17, 15) is 9.90 Å². The minimum Gasteiger partial charge on any atom is -0.387 e. The second-order valence-electron chi connectivity index (χ2n) is 5.31. The lowest BCUT2D eigenvalue weighted by atomic mass is 10.1. The van der Waals surface area contributed by atoms with E-state index >= 15 is 0 Å². The number of aliphatic hydroxyl groups excluding tert-OH is 1. The fourth-order valence-corrected chi connectivity index (χ4v) is 2.73. The number of carbonyl (C=O) groups is 1. The molecule has 0 radical (unpaired) electrons. The van der Waals surface area contributed by atoms with Crippen molar-refractivity contribution in [3.8, 4) is 0 Å². The molecule has 0 bridgehead atoms. The molecule has 2 aromatic rings. The Balaban J connectivity index is 2.02. The van der Waals surface area contributed by atoms with Gasteiger partial charge >= 0.3 is 0 Å². The minimum atomic E-state index is -0.754. The number of benzene rings is 1. The van der Waals surface area contributed by atoms with Gasteiger partial charge in [0, 0.05) is 29.5 Å². The molecule has 1 unspecified atom stereocenters. The average Bonchev–Trinajstić information content (AvgIpc) is 2.79. The van der Waals surface area contributed by atoms with Crippen LogP contribution < -0.4 is 5.32 Å². The van der Waals surface area contributed by atoms with Crippen molar-refractivity contribution in [2.75, 3.05) is 6.54 Å². The molecule has 2 rings (SSSR count). The van der Waals surface area contributed by atoms with Crippen molar-refractivity contribution in [1.29, 1.82) is 0 Å². The fraction of sp³-hybridized carbons (Fsp3) is 0.353. The highest BCUT2D eigenvalue weighted by Gasteiger charge is 2.16. The van der Waals surface area contributed by atoms with Crippen LogP contribution in [0, 0.1) is 13.8 Å². The van der Waals surface area contributed by atoms with Crippen LogP contribution >= 0.6 is 11.6 Å². The molecule has 0 saturated heterocycles. The highest BCUT2D eigenvalue weighted by molar-refractivity contribution is 6.30. The zero-order valence-electron chi connectivity index (χ0n) is 13.1. The lowest BCUT2D eigenvalue weighted by Crippen LogP contribution is -2.28. The number of aryl methyl sites for hydroxylation is 1. The molecule has 0 aliphatic carbocycles. The number of rotatable bonds is 5. The molecule has 0 aliphatic heterocycles. The number of aliphatic hydroxyl groups is 1. The van der Waals surface area contributed by atoms with Crippen molar-refractivity contribution in [2.24, 2.45) is 0 Å². The predicted molar refractivity (Wildman–Crippen MR) is 88.3 cm³/mol. The van der Waals surface area contributed by atoms with E-state index in [0.717, 1.165) is 23.5 Å². The quantitative estimate of drug-likeness (QED) is 0.888. The van der Waals surface area contributed by atoms with Gasteiger partial charge in [0.2, 0.25) is 0 Å². The van der Waals surface area contributed by atoms with Gasteiger partial charge in [-0.3, -0.25) is 4.79 Å². The van der Waals surface area contributed by atoms with Crippen LogP contribution in [0.1, 0.15) is 40.3 Å². The van der Waals surface area contributed by atoms with Crippen molar-refractivity contribution in [3.63, 3.8) is 0 Å². The number of hydrogen-bond donors (Lipinski definition) is 2. The number of aromatic nitrogens is 1. The third-order valence-corrected chi connectivity index (χ3v) is 4.10. The molecule has 22 heavy (non-hydrogen) atoms. The van der Waals surface area contributed by atoms with Crippen LogP contribution in [-0.2, 0) is 6.54 Å². The van der Waals surface area contributed by atoms with E-state index in [1.54, 1.807) is 24.3 Å². The molecular formula is C17H21ClN2O2. The van der Waals surface area contributed by atoms with Crippen LogP contribution in [0.25, 0.3) is 0 Å². The van der Waals surface area contributed by atoms with Gasteiger partial charge in [0.15, 0.2) is 0 Å². The Kier molecular flexibility index (Phi) is 5.27. The molecule has 4 nitrogen and oxygen atoms in total. The molecule has 1 amide bonds. The lowest BCUT2D eigenvalue weighted by Gasteiger charge is -2.12. The van der Waals surface area contributed by atoms with Gasteiger partial charge in [0.25, 0.3) is 5.91 Å². The maximum Gasteiger partial charge on any atom is 0.253 e. The highest BCUT2D eigenvalue weighted by Crippen LogP contribution is 2.17.